The minimum Gasteiger partial charge on any atom is -0.508 e. The SMILES string of the molecule is C=CC=N/C(=C/c1c(CC(C)(C)CCC=O)c2cc(-c3cc(O)cc(CC(NC(=O)C(C(C)C)N(C)C)C(=O)N4CCCCN4)c3)ccc2n1CC)C(C)OC.CCC(C)C(C=O)=N/C=C(\C)NC(=O)/C=C/CN(C)C. The molecule has 3 amide bonds. The molecule has 2 aromatic carbocycles. The van der Waals surface area contributed by atoms with Crippen molar-refractivity contribution in [3.63, 3.8) is 0 Å². The monoisotopic (exact) mass is 1050 g/mol. The second-order valence-corrected chi connectivity index (χ2v) is 21.2. The number of phenolic OH excluding ortho intramolecular Hbond substituents is 1. The lowest BCUT2D eigenvalue weighted by Gasteiger charge is -2.33. The second kappa shape index (κ2) is 31.7. The molecule has 1 aromatic heterocycles. The molecule has 1 aliphatic rings. The predicted molar refractivity (Wildman–Crippen MR) is 310 cm³/mol. The van der Waals surface area contributed by atoms with Gasteiger partial charge in [-0.3, -0.25) is 39.1 Å². The van der Waals surface area contributed by atoms with Gasteiger partial charge in [0.05, 0.1) is 23.6 Å². The highest BCUT2D eigenvalue weighted by Crippen LogP contribution is 2.39. The maximum Gasteiger partial charge on any atom is 0.259 e. The Morgan fingerprint density at radius 3 is 2.32 bits per heavy atom. The van der Waals surface area contributed by atoms with Crippen LogP contribution in [0.1, 0.15) is 111 Å². The fourth-order valence-electron chi connectivity index (χ4n) is 9.13. The van der Waals surface area contributed by atoms with E-state index in [1.54, 1.807) is 49.5 Å². The van der Waals surface area contributed by atoms with E-state index >= 15 is 0 Å². The Morgan fingerprint density at radius 1 is 1.01 bits per heavy atom. The Bertz CT molecular complexity index is 2570. The van der Waals surface area contributed by atoms with Crippen molar-refractivity contribution < 1.29 is 33.8 Å². The molecule has 3 aromatic rings. The number of aryl methyl sites for hydroxylation is 1. The van der Waals surface area contributed by atoms with Gasteiger partial charge >= 0.3 is 0 Å². The van der Waals surface area contributed by atoms with Crippen molar-refractivity contribution in [1.82, 2.24) is 35.4 Å². The zero-order valence-electron chi connectivity index (χ0n) is 48.0. The van der Waals surface area contributed by atoms with E-state index < -0.39 is 12.1 Å². The van der Waals surface area contributed by atoms with E-state index in [0.717, 1.165) is 82.8 Å². The van der Waals surface area contributed by atoms with Crippen LogP contribution in [0.25, 0.3) is 28.1 Å². The van der Waals surface area contributed by atoms with E-state index in [0.29, 0.717) is 50.4 Å². The molecule has 0 aliphatic carbocycles. The van der Waals surface area contributed by atoms with Crippen LogP contribution in [0.5, 0.6) is 5.75 Å². The molecule has 2 heterocycles. The van der Waals surface area contributed by atoms with Gasteiger partial charge in [0.1, 0.15) is 18.1 Å². The summed E-state index contributed by atoms with van der Waals surface area (Å²) < 4.78 is 8.00. The molecule has 1 saturated heterocycles. The summed E-state index contributed by atoms with van der Waals surface area (Å²) in [7, 11) is 9.26. The number of nitrogens with one attached hydrogen (secondary N) is 3. The van der Waals surface area contributed by atoms with Gasteiger partial charge in [-0.2, -0.15) is 0 Å². The van der Waals surface area contributed by atoms with Gasteiger partial charge in [0, 0.05) is 92.8 Å². The first kappa shape index (κ1) is 64.0. The van der Waals surface area contributed by atoms with Crippen molar-refractivity contribution in [2.24, 2.45) is 27.2 Å². The van der Waals surface area contributed by atoms with Crippen LogP contribution in [0.2, 0.25) is 0 Å². The Hall–Kier alpha value is -6.33. The molecule has 4 atom stereocenters. The summed E-state index contributed by atoms with van der Waals surface area (Å²) in [5.41, 5.74) is 10.5. The zero-order valence-corrected chi connectivity index (χ0v) is 48.0. The van der Waals surface area contributed by atoms with Crippen molar-refractivity contribution >= 4 is 59.2 Å². The number of hydrogen-bond acceptors (Lipinski definition) is 12. The average Bonchev–Trinajstić information content (AvgIpc) is 3.65. The van der Waals surface area contributed by atoms with Gasteiger partial charge in [0.15, 0.2) is 6.29 Å². The van der Waals surface area contributed by atoms with Gasteiger partial charge in [-0.05, 0) is 145 Å². The third-order valence-electron chi connectivity index (χ3n) is 13.4. The first-order valence-electron chi connectivity index (χ1n) is 26.7. The van der Waals surface area contributed by atoms with Gasteiger partial charge in [-0.25, -0.2) is 5.43 Å². The topological polar surface area (TPSA) is 190 Å². The largest absolute Gasteiger partial charge is 0.508 e. The summed E-state index contributed by atoms with van der Waals surface area (Å²) >= 11 is 0. The van der Waals surface area contributed by atoms with Crippen LogP contribution in [0.4, 0.5) is 0 Å². The van der Waals surface area contributed by atoms with Crippen LogP contribution in [0, 0.1) is 17.3 Å². The van der Waals surface area contributed by atoms with Gasteiger partial charge in [-0.15, -0.1) is 0 Å². The summed E-state index contributed by atoms with van der Waals surface area (Å²) in [5, 5.41) is 19.6. The number of ether oxygens (including phenoxy) is 1. The number of hydrogen-bond donors (Lipinski definition) is 4. The van der Waals surface area contributed by atoms with Crippen molar-refractivity contribution in [3.8, 4) is 16.9 Å². The predicted octanol–water partition coefficient (Wildman–Crippen LogP) is 8.72. The lowest BCUT2D eigenvalue weighted by Crippen LogP contribution is -2.58. The maximum atomic E-state index is 14.0. The number of aldehydes is 2. The quantitative estimate of drug-likeness (QED) is 0.0327. The third kappa shape index (κ3) is 19.7. The number of hydrazine groups is 1. The summed E-state index contributed by atoms with van der Waals surface area (Å²) in [6.45, 7) is 24.6. The van der Waals surface area contributed by atoms with Gasteiger partial charge < -0.3 is 34.7 Å². The number of amides is 3. The molecule has 16 nitrogen and oxygen atoms in total. The van der Waals surface area contributed by atoms with Gasteiger partial charge in [0.25, 0.3) is 5.91 Å². The summed E-state index contributed by atoms with van der Waals surface area (Å²) in [6, 6.07) is 10.5. The minimum absolute atomic E-state index is 0.0325. The van der Waals surface area contributed by atoms with Crippen LogP contribution >= 0.6 is 0 Å². The summed E-state index contributed by atoms with van der Waals surface area (Å²) in [6.07, 6.45) is 16.5. The molecule has 16 heteroatoms. The number of rotatable bonds is 27. The number of fused-ring (bicyclic) bond motifs is 1. The molecule has 416 valence electrons. The van der Waals surface area contributed by atoms with Crippen LogP contribution in [0.3, 0.4) is 0 Å². The van der Waals surface area contributed by atoms with E-state index in [4.69, 9.17) is 4.74 Å². The second-order valence-electron chi connectivity index (χ2n) is 21.2. The van der Waals surface area contributed by atoms with E-state index in [9.17, 15) is 29.1 Å². The number of nitrogens with zero attached hydrogens (tertiary/aromatic N) is 6. The van der Waals surface area contributed by atoms with Crippen molar-refractivity contribution in [2.45, 2.75) is 132 Å². The van der Waals surface area contributed by atoms with Crippen LogP contribution in [-0.4, -0.2) is 140 Å². The number of benzene rings is 2. The number of allylic oxidation sites excluding steroid dienone is 2. The number of carbonyl (C=O) groups is 5. The third-order valence-corrected chi connectivity index (χ3v) is 13.4. The number of aromatic hydroxyl groups is 1. The molecule has 0 radical (unpaired) electrons. The van der Waals surface area contributed by atoms with E-state index in [2.05, 4.69) is 82.2 Å². The first-order valence-corrected chi connectivity index (χ1v) is 26.7. The van der Waals surface area contributed by atoms with Crippen molar-refractivity contribution in [1.29, 1.82) is 0 Å². The molecule has 1 aliphatic heterocycles. The summed E-state index contributed by atoms with van der Waals surface area (Å²) in [5.74, 6) is -0.390. The van der Waals surface area contributed by atoms with Gasteiger partial charge in [-0.1, -0.05) is 72.4 Å². The van der Waals surface area contributed by atoms with E-state index in [1.165, 1.54) is 12.3 Å². The number of methoxy groups -OCH3 is 1. The molecule has 4 N–H and O–H groups in total. The van der Waals surface area contributed by atoms with Crippen LogP contribution in [-0.2, 0) is 48.1 Å². The normalized spacial score (nSPS) is 15.5. The molecule has 0 saturated carbocycles. The highest BCUT2D eigenvalue weighted by molar-refractivity contribution is 6.29. The Morgan fingerprint density at radius 2 is 1.74 bits per heavy atom. The van der Waals surface area contributed by atoms with E-state index in [1.807, 2.05) is 78.7 Å². The number of carbonyl (C=O) groups excluding carboxylic acids is 5. The van der Waals surface area contributed by atoms with Crippen molar-refractivity contribution in [3.05, 3.63) is 95.6 Å². The van der Waals surface area contributed by atoms with Crippen LogP contribution < -0.4 is 16.1 Å². The first-order chi connectivity index (χ1) is 36.0. The van der Waals surface area contributed by atoms with Gasteiger partial charge in [0.2, 0.25) is 11.8 Å². The maximum absolute atomic E-state index is 14.0. The molecule has 4 unspecified atom stereocenters. The zero-order chi connectivity index (χ0) is 56.7. The molecular formula is C60H89N9O7. The standard InChI is InChI=1S/C45H64N6O5.C15H25N3O2/c1-11-19-46-38(31(5)56-10)28-41-37(29-45(6,7)18-15-22-52)36-27-33(16-17-40(36)50(41)12-2)34-23-32(24-35(53)26-34)25-39(44(55)51-21-14-13-20-47-51)48-43(54)42(30(3)4)49(8)9;1-6-12(2)14(11-19)16-10-13(3)17-15(20)8-7-9-18(4)5/h11,16-17,19,22-24,26-28,30-31,39,42,47,53H,1,12-15,18,20-21,25,29H2,2-10H3,(H,48,54);7-8,10-12H,6,9H2,1-5H3,(H,17,20)/b38-28+,46-19?;8-7+,13-10+,16-14?. The highest BCUT2D eigenvalue weighted by Gasteiger charge is 2.32. The smallest absolute Gasteiger partial charge is 0.259 e. The fourth-order valence-corrected chi connectivity index (χ4v) is 9.13. The minimum atomic E-state index is -0.841. The molecule has 0 bridgehead atoms. The molecule has 4 rings (SSSR count). The van der Waals surface area contributed by atoms with E-state index in [-0.39, 0.29) is 53.2 Å². The number of likely N-dealkylation sites (N-methyl/N-ethyl adjacent to an activating group) is 2. The van der Waals surface area contributed by atoms with Crippen molar-refractivity contribution in [2.75, 3.05) is 54.9 Å². The van der Waals surface area contributed by atoms with Crippen LogP contribution in [0.15, 0.2) is 88.8 Å². The Labute approximate surface area is 453 Å². The number of phenols is 1. The average molecular weight is 1050 g/mol. The lowest BCUT2D eigenvalue weighted by molar-refractivity contribution is -0.141. The Kier molecular flexibility index (Phi) is 26.6. The number of aromatic nitrogens is 1. The Balaban J connectivity index is 0.000000641. The number of aliphatic imine (C=N–C) groups is 2. The molecule has 1 fully saturated rings. The lowest BCUT2D eigenvalue weighted by atomic mass is 9.80. The fraction of sp³-hybridized carbons (Fsp3) is 0.517. The molecule has 76 heavy (non-hydrogen) atoms. The molecule has 0 spiro atoms. The molecular weight excluding hydrogens is 959 g/mol. The summed E-state index contributed by atoms with van der Waals surface area (Å²) in [4.78, 5) is 74.2. The highest BCUT2D eigenvalue weighted by atomic mass is 16.5.